The zero-order valence-corrected chi connectivity index (χ0v) is 10.8. The number of halogens is 1. The van der Waals surface area contributed by atoms with Crippen molar-refractivity contribution in [2.75, 3.05) is 5.33 Å². The Morgan fingerprint density at radius 2 is 2.44 bits per heavy atom. The van der Waals surface area contributed by atoms with Crippen LogP contribution in [0.15, 0.2) is 17.5 Å². The number of amides is 2. The summed E-state index contributed by atoms with van der Waals surface area (Å²) in [6.45, 7) is 0. The number of β-lactam (4-membered cyclic amide) rings is 1. The summed E-state index contributed by atoms with van der Waals surface area (Å²) in [5, 5.41) is 8.03. The maximum Gasteiger partial charge on any atom is 0.245 e. The summed E-state index contributed by atoms with van der Waals surface area (Å²) < 4.78 is 0. The largest absolute Gasteiger partial charge is 0.348 e. The average Bonchev–Trinajstić information content (AvgIpc) is 2.75. The summed E-state index contributed by atoms with van der Waals surface area (Å²) >= 11 is 4.82. The van der Waals surface area contributed by atoms with Gasteiger partial charge in [-0.05, 0) is 11.4 Å². The molecular weight excluding hydrogens is 292 g/mol. The zero-order valence-electron chi connectivity index (χ0n) is 8.40. The van der Waals surface area contributed by atoms with Crippen molar-refractivity contribution in [2.24, 2.45) is 0 Å². The predicted molar refractivity (Wildman–Crippen MR) is 65.7 cm³/mol. The van der Waals surface area contributed by atoms with Gasteiger partial charge in [-0.1, -0.05) is 22.0 Å². The van der Waals surface area contributed by atoms with Crippen LogP contribution < -0.4 is 10.6 Å². The minimum absolute atomic E-state index is 0.0137. The lowest BCUT2D eigenvalue weighted by Gasteiger charge is -2.35. The molecule has 86 valence electrons. The molecule has 1 aromatic rings. The van der Waals surface area contributed by atoms with Crippen molar-refractivity contribution in [2.45, 2.75) is 18.5 Å². The van der Waals surface area contributed by atoms with Crippen LogP contribution in [0.2, 0.25) is 0 Å². The van der Waals surface area contributed by atoms with E-state index in [1.165, 1.54) is 0 Å². The molecule has 2 heterocycles. The van der Waals surface area contributed by atoms with Gasteiger partial charge in [0.1, 0.15) is 6.04 Å². The molecule has 2 N–H and O–H groups in total. The molecule has 0 unspecified atom stereocenters. The molecule has 1 aromatic heterocycles. The molecule has 6 heteroatoms. The first kappa shape index (κ1) is 11.6. The highest BCUT2D eigenvalue weighted by Gasteiger charge is 2.39. The van der Waals surface area contributed by atoms with Gasteiger partial charge in [0, 0.05) is 10.2 Å². The van der Waals surface area contributed by atoms with Gasteiger partial charge in [0.05, 0.1) is 12.5 Å². The molecule has 1 fully saturated rings. The number of carbonyl (C=O) groups is 2. The van der Waals surface area contributed by atoms with Gasteiger partial charge in [-0.3, -0.25) is 9.59 Å². The van der Waals surface area contributed by atoms with E-state index in [1.807, 2.05) is 17.5 Å². The van der Waals surface area contributed by atoms with Crippen LogP contribution in [0.3, 0.4) is 0 Å². The number of thiophene rings is 1. The van der Waals surface area contributed by atoms with Crippen molar-refractivity contribution in [1.29, 1.82) is 0 Å². The Kier molecular flexibility index (Phi) is 3.60. The van der Waals surface area contributed by atoms with Crippen LogP contribution in [-0.2, 0) is 16.0 Å². The van der Waals surface area contributed by atoms with E-state index in [0.29, 0.717) is 11.8 Å². The first-order valence-corrected chi connectivity index (χ1v) is 6.89. The highest BCUT2D eigenvalue weighted by molar-refractivity contribution is 9.09. The minimum Gasteiger partial charge on any atom is -0.348 e. The second-order valence-corrected chi connectivity index (χ2v) is 5.25. The Hall–Kier alpha value is -0.880. The van der Waals surface area contributed by atoms with E-state index >= 15 is 0 Å². The molecule has 1 aliphatic rings. The number of hydrogen-bond donors (Lipinski definition) is 2. The molecule has 0 spiro atoms. The third kappa shape index (κ3) is 2.44. The third-order valence-electron chi connectivity index (χ3n) is 2.41. The lowest BCUT2D eigenvalue weighted by molar-refractivity contribution is -0.135. The molecule has 16 heavy (non-hydrogen) atoms. The van der Waals surface area contributed by atoms with E-state index in [0.717, 1.165) is 4.88 Å². The molecule has 0 radical (unpaired) electrons. The van der Waals surface area contributed by atoms with Gasteiger partial charge < -0.3 is 10.6 Å². The topological polar surface area (TPSA) is 58.2 Å². The predicted octanol–water partition coefficient (Wildman–Crippen LogP) is 0.669. The third-order valence-corrected chi connectivity index (χ3v) is 3.98. The molecule has 0 aromatic carbocycles. The van der Waals surface area contributed by atoms with E-state index < -0.39 is 0 Å². The van der Waals surface area contributed by atoms with E-state index in [1.54, 1.807) is 11.3 Å². The summed E-state index contributed by atoms with van der Waals surface area (Å²) in [7, 11) is 0. The number of nitrogens with one attached hydrogen (secondary N) is 2. The van der Waals surface area contributed by atoms with Crippen molar-refractivity contribution >= 4 is 39.1 Å². The van der Waals surface area contributed by atoms with Crippen molar-refractivity contribution < 1.29 is 9.59 Å². The fourth-order valence-corrected chi connectivity index (χ4v) is 2.77. The molecule has 0 saturated carbocycles. The maximum absolute atomic E-state index is 11.6. The van der Waals surface area contributed by atoms with Crippen LogP contribution in [0, 0.1) is 0 Å². The fraction of sp³-hybridized carbons (Fsp3) is 0.400. The molecule has 1 saturated heterocycles. The van der Waals surface area contributed by atoms with E-state index in [-0.39, 0.29) is 23.9 Å². The minimum atomic E-state index is -0.383. The lowest BCUT2D eigenvalue weighted by atomic mass is 10.0. The van der Waals surface area contributed by atoms with Gasteiger partial charge in [0.2, 0.25) is 11.8 Å². The normalized spacial score (nSPS) is 23.4. The van der Waals surface area contributed by atoms with Gasteiger partial charge >= 0.3 is 0 Å². The Bertz CT molecular complexity index is 394. The molecular formula is C10H11BrN2O2S. The summed E-state index contributed by atoms with van der Waals surface area (Å²) in [6.07, 6.45) is 0.344. The average molecular weight is 303 g/mol. The van der Waals surface area contributed by atoms with Crippen molar-refractivity contribution in [3.05, 3.63) is 22.4 Å². The first-order chi connectivity index (χ1) is 7.70. The van der Waals surface area contributed by atoms with E-state index in [2.05, 4.69) is 26.6 Å². The zero-order chi connectivity index (χ0) is 11.5. The van der Waals surface area contributed by atoms with Crippen LogP contribution in [0.4, 0.5) is 0 Å². The van der Waals surface area contributed by atoms with Gasteiger partial charge in [-0.15, -0.1) is 11.3 Å². The van der Waals surface area contributed by atoms with Crippen LogP contribution >= 0.6 is 27.3 Å². The van der Waals surface area contributed by atoms with Crippen LogP contribution in [0.5, 0.6) is 0 Å². The molecule has 2 atom stereocenters. The van der Waals surface area contributed by atoms with E-state index in [4.69, 9.17) is 0 Å². The van der Waals surface area contributed by atoms with Gasteiger partial charge in [-0.2, -0.15) is 0 Å². The Balaban J connectivity index is 1.85. The van der Waals surface area contributed by atoms with Crippen molar-refractivity contribution in [3.8, 4) is 0 Å². The van der Waals surface area contributed by atoms with Crippen LogP contribution in [-0.4, -0.2) is 29.2 Å². The Labute approximate surface area is 106 Å². The summed E-state index contributed by atoms with van der Waals surface area (Å²) in [5.41, 5.74) is 0. The molecule has 2 rings (SSSR count). The molecule has 1 aliphatic heterocycles. The number of hydrogen-bond acceptors (Lipinski definition) is 3. The van der Waals surface area contributed by atoms with Gasteiger partial charge in [0.15, 0.2) is 0 Å². The first-order valence-electron chi connectivity index (χ1n) is 4.89. The molecule has 4 nitrogen and oxygen atoms in total. The quantitative estimate of drug-likeness (QED) is 0.634. The van der Waals surface area contributed by atoms with Crippen molar-refractivity contribution in [3.63, 3.8) is 0 Å². The molecule has 2 amide bonds. The highest BCUT2D eigenvalue weighted by Crippen LogP contribution is 2.11. The number of alkyl halides is 1. The smallest absolute Gasteiger partial charge is 0.245 e. The number of rotatable bonds is 4. The highest BCUT2D eigenvalue weighted by atomic mass is 79.9. The second-order valence-electron chi connectivity index (χ2n) is 3.57. The second kappa shape index (κ2) is 4.97. The SMILES string of the molecule is O=C(Cc1cccs1)N[C@@H]1C(=O)N[C@@H]1CBr. The Morgan fingerprint density at radius 1 is 1.62 bits per heavy atom. The van der Waals surface area contributed by atoms with Crippen LogP contribution in [0.1, 0.15) is 4.88 Å². The fourth-order valence-electron chi connectivity index (χ4n) is 1.53. The number of carbonyl (C=O) groups excluding carboxylic acids is 2. The Morgan fingerprint density at radius 3 is 3.00 bits per heavy atom. The maximum atomic E-state index is 11.6. The van der Waals surface area contributed by atoms with Crippen LogP contribution in [0.25, 0.3) is 0 Å². The molecule has 0 aliphatic carbocycles. The van der Waals surface area contributed by atoms with Gasteiger partial charge in [0.25, 0.3) is 0 Å². The lowest BCUT2D eigenvalue weighted by Crippen LogP contribution is -2.69. The summed E-state index contributed by atoms with van der Waals surface area (Å²) in [4.78, 5) is 23.8. The van der Waals surface area contributed by atoms with Crippen molar-refractivity contribution in [1.82, 2.24) is 10.6 Å². The monoisotopic (exact) mass is 302 g/mol. The molecule has 0 bridgehead atoms. The summed E-state index contributed by atoms with van der Waals surface area (Å²) in [6, 6.07) is 3.45. The standard InChI is InChI=1S/C10H11BrN2O2S/c11-5-7-9(10(15)12-7)13-8(14)4-6-2-1-3-16-6/h1-3,7,9H,4-5H2,(H,12,15)(H,13,14)/t7-,9+/m1/s1. The van der Waals surface area contributed by atoms with Gasteiger partial charge in [-0.25, -0.2) is 0 Å². The van der Waals surface area contributed by atoms with E-state index in [9.17, 15) is 9.59 Å². The summed E-state index contributed by atoms with van der Waals surface area (Å²) in [5.74, 6) is -0.211.